The number of nitrogens with one attached hydrogen (secondary N) is 2. The number of hydrogen-bond donors (Lipinski definition) is 3. The first-order chi connectivity index (χ1) is 7.65. The molecule has 16 heavy (non-hydrogen) atoms. The Balaban J connectivity index is 2.24. The van der Waals surface area contributed by atoms with E-state index in [-0.39, 0.29) is 17.3 Å². The first-order valence-electron chi connectivity index (χ1n) is 4.65. The molecule has 0 spiro atoms. The lowest BCUT2D eigenvalue weighted by molar-refractivity contribution is 0.475. The quantitative estimate of drug-likeness (QED) is 0.652. The molecule has 1 heterocycles. The summed E-state index contributed by atoms with van der Waals surface area (Å²) in [4.78, 5) is 13.8. The van der Waals surface area contributed by atoms with Crippen molar-refractivity contribution in [2.75, 3.05) is 5.32 Å². The summed E-state index contributed by atoms with van der Waals surface area (Å²) in [5.74, 6) is 0.440. The van der Waals surface area contributed by atoms with Crippen LogP contribution in [0.25, 0.3) is 0 Å². The third-order valence-electron chi connectivity index (χ3n) is 1.99. The molecule has 6 heteroatoms. The number of aryl methyl sites for hydroxylation is 1. The highest BCUT2D eigenvalue weighted by Gasteiger charge is 2.00. The first-order valence-corrected chi connectivity index (χ1v) is 4.65. The van der Waals surface area contributed by atoms with Gasteiger partial charge in [0.25, 0.3) is 5.56 Å². The third-order valence-corrected chi connectivity index (χ3v) is 1.99. The van der Waals surface area contributed by atoms with Crippen molar-refractivity contribution in [1.29, 1.82) is 0 Å². The molecule has 1 aromatic carbocycles. The largest absolute Gasteiger partial charge is 0.508 e. The molecule has 0 saturated carbocycles. The smallest absolute Gasteiger partial charge is 0.273 e. The van der Waals surface area contributed by atoms with E-state index < -0.39 is 0 Å². The summed E-state index contributed by atoms with van der Waals surface area (Å²) in [6, 6.07) is 6.38. The van der Waals surface area contributed by atoms with Gasteiger partial charge in [-0.2, -0.15) is 0 Å². The number of aromatic amines is 1. The monoisotopic (exact) mass is 218 g/mol. The Labute approximate surface area is 91.0 Å². The molecular weight excluding hydrogens is 208 g/mol. The lowest BCUT2D eigenvalue weighted by Gasteiger charge is -2.04. The van der Waals surface area contributed by atoms with Crippen LogP contribution >= 0.6 is 0 Å². The van der Waals surface area contributed by atoms with Gasteiger partial charge in [0.2, 0.25) is 5.95 Å². The number of hydrogen-bond acceptors (Lipinski definition) is 5. The molecule has 0 bridgehead atoms. The minimum Gasteiger partial charge on any atom is -0.508 e. The highest BCUT2D eigenvalue weighted by Crippen LogP contribution is 2.15. The van der Waals surface area contributed by atoms with E-state index >= 15 is 0 Å². The summed E-state index contributed by atoms with van der Waals surface area (Å²) in [5.41, 5.74) is 0.735. The molecule has 82 valence electrons. The second kappa shape index (κ2) is 4.01. The molecule has 0 aliphatic rings. The first kappa shape index (κ1) is 10.2. The van der Waals surface area contributed by atoms with Crippen LogP contribution in [0.2, 0.25) is 0 Å². The Morgan fingerprint density at radius 2 is 1.94 bits per heavy atom. The number of H-pyrrole nitrogens is 1. The number of phenols is 1. The number of phenolic OH excluding ortho intramolecular Hbond substituents is 1. The lowest BCUT2D eigenvalue weighted by atomic mass is 10.3. The van der Waals surface area contributed by atoms with Crippen molar-refractivity contribution in [3.05, 3.63) is 40.3 Å². The molecule has 0 amide bonds. The fraction of sp³-hybridized carbons (Fsp3) is 0.100. The fourth-order valence-corrected chi connectivity index (χ4v) is 1.13. The lowest BCUT2D eigenvalue weighted by Crippen LogP contribution is -2.15. The highest BCUT2D eigenvalue weighted by atomic mass is 16.3. The van der Waals surface area contributed by atoms with Crippen molar-refractivity contribution in [2.45, 2.75) is 6.92 Å². The maximum Gasteiger partial charge on any atom is 0.273 e. The van der Waals surface area contributed by atoms with Gasteiger partial charge in [0.05, 0.1) is 0 Å². The number of rotatable bonds is 2. The Morgan fingerprint density at radius 3 is 2.56 bits per heavy atom. The van der Waals surface area contributed by atoms with Crippen LogP contribution in [0.4, 0.5) is 11.6 Å². The van der Waals surface area contributed by atoms with Crippen molar-refractivity contribution >= 4 is 11.6 Å². The van der Waals surface area contributed by atoms with E-state index in [4.69, 9.17) is 5.11 Å². The molecule has 1 aromatic heterocycles. The van der Waals surface area contributed by atoms with Crippen LogP contribution in [-0.2, 0) is 0 Å². The second-order valence-electron chi connectivity index (χ2n) is 3.26. The molecule has 3 N–H and O–H groups in total. The van der Waals surface area contributed by atoms with Gasteiger partial charge in [0.1, 0.15) is 11.4 Å². The van der Waals surface area contributed by atoms with Gasteiger partial charge in [0, 0.05) is 5.69 Å². The van der Waals surface area contributed by atoms with E-state index in [0.717, 1.165) is 0 Å². The van der Waals surface area contributed by atoms with Gasteiger partial charge < -0.3 is 10.4 Å². The van der Waals surface area contributed by atoms with Gasteiger partial charge in [-0.1, -0.05) is 0 Å². The number of aromatic hydroxyl groups is 1. The van der Waals surface area contributed by atoms with Crippen LogP contribution in [0.5, 0.6) is 5.75 Å². The van der Waals surface area contributed by atoms with Crippen LogP contribution in [0, 0.1) is 6.92 Å². The van der Waals surface area contributed by atoms with Crippen LogP contribution in [0.15, 0.2) is 29.1 Å². The Morgan fingerprint density at radius 1 is 1.25 bits per heavy atom. The third kappa shape index (κ3) is 2.17. The van der Waals surface area contributed by atoms with Gasteiger partial charge in [-0.15, -0.1) is 10.2 Å². The Hall–Kier alpha value is -2.37. The zero-order valence-corrected chi connectivity index (χ0v) is 8.56. The summed E-state index contributed by atoms with van der Waals surface area (Å²) in [6.45, 7) is 1.58. The van der Waals surface area contributed by atoms with Crippen LogP contribution in [0.3, 0.4) is 0 Å². The highest BCUT2D eigenvalue weighted by molar-refractivity contribution is 5.53. The van der Waals surface area contributed by atoms with E-state index in [1.165, 1.54) is 12.1 Å². The molecule has 0 unspecified atom stereocenters. The molecule has 0 radical (unpaired) electrons. The van der Waals surface area contributed by atoms with Gasteiger partial charge in [-0.25, -0.2) is 0 Å². The van der Waals surface area contributed by atoms with Gasteiger partial charge in [-0.3, -0.25) is 9.78 Å². The summed E-state index contributed by atoms with van der Waals surface area (Å²) in [6.07, 6.45) is 0. The number of nitrogens with zero attached hydrogens (tertiary/aromatic N) is 2. The minimum absolute atomic E-state index is 0.175. The van der Waals surface area contributed by atoms with Gasteiger partial charge in [0.15, 0.2) is 0 Å². The van der Waals surface area contributed by atoms with E-state index in [0.29, 0.717) is 11.4 Å². The second-order valence-corrected chi connectivity index (χ2v) is 3.26. The summed E-state index contributed by atoms with van der Waals surface area (Å²) >= 11 is 0. The number of anilines is 2. The molecule has 0 fully saturated rings. The predicted octanol–water partition coefficient (Wildman–Crippen LogP) is 0.923. The number of benzene rings is 1. The summed E-state index contributed by atoms with van der Waals surface area (Å²) in [5, 5.41) is 19.4. The maximum atomic E-state index is 11.2. The topological polar surface area (TPSA) is 90.9 Å². The van der Waals surface area contributed by atoms with Gasteiger partial charge >= 0.3 is 0 Å². The minimum atomic E-state index is -0.281. The predicted molar refractivity (Wildman–Crippen MR) is 58.8 cm³/mol. The van der Waals surface area contributed by atoms with Crippen LogP contribution < -0.4 is 10.9 Å². The van der Waals surface area contributed by atoms with Crippen molar-refractivity contribution in [1.82, 2.24) is 15.2 Å². The molecule has 0 atom stereocenters. The van der Waals surface area contributed by atoms with E-state index in [1.807, 2.05) is 0 Å². The average molecular weight is 218 g/mol. The fourth-order valence-electron chi connectivity index (χ4n) is 1.13. The molecule has 0 aliphatic heterocycles. The molecule has 6 nitrogen and oxygen atoms in total. The van der Waals surface area contributed by atoms with E-state index in [9.17, 15) is 4.79 Å². The maximum absolute atomic E-state index is 11.2. The summed E-state index contributed by atoms with van der Waals surface area (Å²) < 4.78 is 0. The van der Waals surface area contributed by atoms with Crippen LogP contribution in [0.1, 0.15) is 5.69 Å². The molecule has 0 aliphatic carbocycles. The van der Waals surface area contributed by atoms with E-state index in [2.05, 4.69) is 20.5 Å². The average Bonchev–Trinajstić information content (AvgIpc) is 2.27. The summed E-state index contributed by atoms with van der Waals surface area (Å²) in [7, 11) is 0. The van der Waals surface area contributed by atoms with Crippen molar-refractivity contribution in [3.8, 4) is 5.75 Å². The zero-order valence-electron chi connectivity index (χ0n) is 8.56. The zero-order chi connectivity index (χ0) is 11.5. The molecular formula is C10H10N4O2. The number of aromatic nitrogens is 3. The van der Waals surface area contributed by atoms with E-state index in [1.54, 1.807) is 19.1 Å². The SMILES string of the molecule is Cc1nnc(Nc2ccc(O)cc2)[nH]c1=O. The Bertz CT molecular complexity index is 547. The molecule has 2 rings (SSSR count). The van der Waals surface area contributed by atoms with Crippen molar-refractivity contribution < 1.29 is 5.11 Å². The van der Waals surface area contributed by atoms with Crippen LogP contribution in [-0.4, -0.2) is 20.3 Å². The van der Waals surface area contributed by atoms with Crippen molar-refractivity contribution in [2.24, 2.45) is 0 Å². The van der Waals surface area contributed by atoms with Crippen molar-refractivity contribution in [3.63, 3.8) is 0 Å². The molecule has 0 saturated heterocycles. The van der Waals surface area contributed by atoms with Gasteiger partial charge in [-0.05, 0) is 31.2 Å². The molecule has 2 aromatic rings. The Kier molecular flexibility index (Phi) is 2.55. The standard InChI is InChI=1S/C10H10N4O2/c1-6-9(16)12-10(14-13-6)11-7-2-4-8(15)5-3-7/h2-5,15H,1H3,(H2,11,12,14,16). The normalized spacial score (nSPS) is 10.1.